The molecular weight excluding hydrogens is 332 g/mol. The summed E-state index contributed by atoms with van der Waals surface area (Å²) in [5.41, 5.74) is -0.282. The van der Waals surface area contributed by atoms with E-state index in [4.69, 9.17) is 14.7 Å². The first-order valence-corrected chi connectivity index (χ1v) is 6.97. The van der Waals surface area contributed by atoms with E-state index < -0.39 is 17.9 Å². The second-order valence-electron chi connectivity index (χ2n) is 4.86. The van der Waals surface area contributed by atoms with Crippen molar-refractivity contribution in [1.82, 2.24) is 0 Å². The molecule has 0 spiro atoms. The molecule has 1 heterocycles. The predicted molar refractivity (Wildman–Crippen MR) is 82.5 cm³/mol. The third-order valence-corrected chi connectivity index (χ3v) is 3.48. The number of nitriles is 1. The van der Waals surface area contributed by atoms with Gasteiger partial charge in [0.15, 0.2) is 0 Å². The molecule has 1 N–H and O–H groups in total. The molecule has 25 heavy (non-hydrogen) atoms. The summed E-state index contributed by atoms with van der Waals surface area (Å²) in [6.45, 7) is -0.409. The minimum atomic E-state index is -1.27. The summed E-state index contributed by atoms with van der Waals surface area (Å²) in [5, 5.41) is 18.5. The number of ether oxygens (including phenoxy) is 3. The molecule has 9 nitrogen and oxygen atoms in total. The molecule has 1 aromatic rings. The fourth-order valence-electron chi connectivity index (χ4n) is 2.34. The zero-order chi connectivity index (χ0) is 18.6. The van der Waals surface area contributed by atoms with Gasteiger partial charge in [-0.25, -0.2) is 14.4 Å². The Balaban J connectivity index is 2.71. The Bertz CT molecular complexity index is 807. The van der Waals surface area contributed by atoms with Gasteiger partial charge in [0.05, 0.1) is 49.3 Å². The number of methoxy groups -OCH3 is 2. The first-order valence-electron chi connectivity index (χ1n) is 6.97. The van der Waals surface area contributed by atoms with E-state index in [-0.39, 0.29) is 41.4 Å². The van der Waals surface area contributed by atoms with Gasteiger partial charge < -0.3 is 24.2 Å². The summed E-state index contributed by atoms with van der Waals surface area (Å²) in [6, 6.07) is 5.75. The topological polar surface area (TPSA) is 126 Å². The van der Waals surface area contributed by atoms with Crippen molar-refractivity contribution in [3.63, 3.8) is 0 Å². The number of carbonyl (C=O) groups is 3. The molecule has 1 aliphatic heterocycles. The van der Waals surface area contributed by atoms with Gasteiger partial charge in [0.25, 0.3) is 0 Å². The van der Waals surface area contributed by atoms with Gasteiger partial charge in [0.2, 0.25) is 0 Å². The molecular formula is C16H14N2O7. The summed E-state index contributed by atoms with van der Waals surface area (Å²) in [7, 11) is 2.27. The van der Waals surface area contributed by atoms with E-state index in [0.29, 0.717) is 0 Å². The molecule has 0 saturated carbocycles. The summed E-state index contributed by atoms with van der Waals surface area (Å²) >= 11 is 0. The van der Waals surface area contributed by atoms with E-state index in [1.165, 1.54) is 23.1 Å². The zero-order valence-electron chi connectivity index (χ0n) is 13.4. The van der Waals surface area contributed by atoms with Gasteiger partial charge in [-0.1, -0.05) is 0 Å². The lowest BCUT2D eigenvalue weighted by molar-refractivity contribution is -0.140. The number of anilines is 1. The molecule has 2 rings (SSSR count). The van der Waals surface area contributed by atoms with Gasteiger partial charge >= 0.3 is 17.9 Å². The first kappa shape index (κ1) is 18.0. The van der Waals surface area contributed by atoms with E-state index in [0.717, 1.165) is 14.2 Å². The van der Waals surface area contributed by atoms with Crippen LogP contribution in [0.4, 0.5) is 5.69 Å². The largest absolute Gasteiger partial charge is 0.478 e. The lowest BCUT2D eigenvalue weighted by Crippen LogP contribution is -2.39. The maximum Gasteiger partial charge on any atom is 0.355 e. The van der Waals surface area contributed by atoms with Crippen molar-refractivity contribution in [2.45, 2.75) is 0 Å². The Kier molecular flexibility index (Phi) is 5.36. The zero-order valence-corrected chi connectivity index (χ0v) is 13.4. The van der Waals surface area contributed by atoms with Crippen LogP contribution >= 0.6 is 0 Å². The molecule has 9 heteroatoms. The number of hydrogen-bond donors (Lipinski definition) is 1. The third kappa shape index (κ3) is 3.44. The van der Waals surface area contributed by atoms with Crippen LogP contribution in [0.1, 0.15) is 15.9 Å². The smallest absolute Gasteiger partial charge is 0.355 e. The van der Waals surface area contributed by atoms with Crippen LogP contribution in [-0.4, -0.2) is 50.6 Å². The Morgan fingerprint density at radius 1 is 1.24 bits per heavy atom. The molecule has 0 aliphatic carbocycles. The van der Waals surface area contributed by atoms with Gasteiger partial charge in [0.1, 0.15) is 12.4 Å². The van der Waals surface area contributed by atoms with Crippen LogP contribution in [-0.2, 0) is 23.8 Å². The lowest BCUT2D eigenvalue weighted by atomic mass is 10.1. The van der Waals surface area contributed by atoms with Crippen LogP contribution in [0.2, 0.25) is 0 Å². The van der Waals surface area contributed by atoms with Crippen LogP contribution < -0.4 is 4.90 Å². The molecule has 0 fully saturated rings. The van der Waals surface area contributed by atoms with Crippen molar-refractivity contribution < 1.29 is 33.7 Å². The second kappa shape index (κ2) is 7.46. The SMILES string of the molecule is COC(=O)C1=C(C(=O)OC)N(c2cc(C#N)ccc2C(=O)O)COC1. The highest BCUT2D eigenvalue weighted by Gasteiger charge is 2.34. The minimum Gasteiger partial charge on any atom is -0.478 e. The van der Waals surface area contributed by atoms with E-state index in [9.17, 15) is 19.5 Å². The number of carbonyl (C=O) groups excluding carboxylic acids is 2. The summed E-state index contributed by atoms with van der Waals surface area (Å²) in [5.74, 6) is -2.94. The monoisotopic (exact) mass is 346 g/mol. The highest BCUT2D eigenvalue weighted by molar-refractivity contribution is 6.05. The van der Waals surface area contributed by atoms with E-state index >= 15 is 0 Å². The number of esters is 2. The number of nitrogens with zero attached hydrogens (tertiary/aromatic N) is 2. The maximum atomic E-state index is 12.2. The normalized spacial score (nSPS) is 13.9. The lowest BCUT2D eigenvalue weighted by Gasteiger charge is -2.32. The van der Waals surface area contributed by atoms with Gasteiger partial charge in [-0.2, -0.15) is 5.26 Å². The highest BCUT2D eigenvalue weighted by Crippen LogP contribution is 2.30. The van der Waals surface area contributed by atoms with E-state index in [1.54, 1.807) is 0 Å². The average Bonchev–Trinajstić information content (AvgIpc) is 2.65. The molecule has 0 bridgehead atoms. The summed E-state index contributed by atoms with van der Waals surface area (Å²) in [4.78, 5) is 36.9. The van der Waals surface area contributed by atoms with Crippen molar-refractivity contribution in [1.29, 1.82) is 5.26 Å². The molecule has 130 valence electrons. The van der Waals surface area contributed by atoms with E-state index in [2.05, 4.69) is 4.74 Å². The fourth-order valence-corrected chi connectivity index (χ4v) is 2.34. The van der Waals surface area contributed by atoms with Crippen LogP contribution in [0, 0.1) is 11.3 Å². The fraction of sp³-hybridized carbons (Fsp3) is 0.250. The molecule has 1 aromatic carbocycles. The number of carboxylic acid groups (broad SMARTS) is 1. The molecule has 1 aliphatic rings. The third-order valence-electron chi connectivity index (χ3n) is 3.48. The highest BCUT2D eigenvalue weighted by atomic mass is 16.5. The van der Waals surface area contributed by atoms with Crippen molar-refractivity contribution in [3.05, 3.63) is 40.6 Å². The number of benzene rings is 1. The van der Waals surface area contributed by atoms with Gasteiger partial charge in [0, 0.05) is 0 Å². The quantitative estimate of drug-likeness (QED) is 0.782. The van der Waals surface area contributed by atoms with Crippen molar-refractivity contribution in [2.24, 2.45) is 0 Å². The summed E-state index contributed by atoms with van der Waals surface area (Å²) in [6.07, 6.45) is 0. The Morgan fingerprint density at radius 2 is 1.92 bits per heavy atom. The van der Waals surface area contributed by atoms with Gasteiger partial charge in [-0.3, -0.25) is 0 Å². The molecule has 0 amide bonds. The predicted octanol–water partition coefficient (Wildman–Crippen LogP) is 0.651. The standard InChI is InChI=1S/C16H14N2O7/c1-23-15(21)11-7-25-8-18(13(11)16(22)24-2)12-5-9(6-17)3-4-10(12)14(19)20/h3-5H,7-8H2,1-2H3,(H,19,20). The van der Waals surface area contributed by atoms with Crippen LogP contribution in [0.3, 0.4) is 0 Å². The molecule has 0 radical (unpaired) electrons. The minimum absolute atomic E-state index is 0.0213. The van der Waals surface area contributed by atoms with Crippen molar-refractivity contribution in [3.8, 4) is 6.07 Å². The van der Waals surface area contributed by atoms with Crippen LogP contribution in [0.5, 0.6) is 0 Å². The number of rotatable bonds is 4. The number of hydrogen-bond acceptors (Lipinski definition) is 8. The molecule has 0 aromatic heterocycles. The van der Waals surface area contributed by atoms with Crippen molar-refractivity contribution >= 4 is 23.6 Å². The van der Waals surface area contributed by atoms with Crippen LogP contribution in [0.15, 0.2) is 29.5 Å². The Labute approximate surface area is 142 Å². The number of carboxylic acids is 1. The first-order chi connectivity index (χ1) is 11.9. The van der Waals surface area contributed by atoms with Gasteiger partial charge in [-0.05, 0) is 18.2 Å². The van der Waals surface area contributed by atoms with Crippen molar-refractivity contribution in [2.75, 3.05) is 32.5 Å². The van der Waals surface area contributed by atoms with Gasteiger partial charge in [-0.15, -0.1) is 0 Å². The average molecular weight is 346 g/mol. The molecule has 0 unspecified atom stereocenters. The summed E-state index contributed by atoms with van der Waals surface area (Å²) < 4.78 is 14.6. The molecule has 0 saturated heterocycles. The Morgan fingerprint density at radius 3 is 2.48 bits per heavy atom. The molecule has 0 atom stereocenters. The van der Waals surface area contributed by atoms with Crippen LogP contribution in [0.25, 0.3) is 0 Å². The Hall–Kier alpha value is -3.38. The van der Waals surface area contributed by atoms with E-state index in [1.807, 2.05) is 6.07 Å². The number of aromatic carboxylic acids is 1. The maximum absolute atomic E-state index is 12.2. The second-order valence-corrected chi connectivity index (χ2v) is 4.86.